The number of carbonyl (C=O) groups excluding carboxylic acids is 3. The molecule has 0 aromatic heterocycles. The fraction of sp³-hybridized carbons (Fsp3) is 0.475. The fourth-order valence-corrected chi connectivity index (χ4v) is 6.48. The molecule has 0 radical (unpaired) electrons. The van der Waals surface area contributed by atoms with Crippen molar-refractivity contribution in [1.82, 2.24) is 10.2 Å². The van der Waals surface area contributed by atoms with Crippen LogP contribution >= 0.6 is 0 Å². The average Bonchev–Trinajstić information content (AvgIpc) is 3.10. The zero-order valence-electron chi connectivity index (χ0n) is 28.8. The number of benzene rings is 3. The summed E-state index contributed by atoms with van der Waals surface area (Å²) < 4.78 is 11.0. The van der Waals surface area contributed by atoms with Crippen LogP contribution in [-0.2, 0) is 53.2 Å². The molecule has 1 aliphatic rings. The number of hydrogen-bond acceptors (Lipinski definition) is 5. The van der Waals surface area contributed by atoms with Crippen LogP contribution in [0.2, 0.25) is 0 Å². The van der Waals surface area contributed by atoms with Crippen molar-refractivity contribution in [3.8, 4) is 0 Å². The van der Waals surface area contributed by atoms with Crippen LogP contribution in [0.1, 0.15) is 92.2 Å². The number of unbranched alkanes of at least 4 members (excludes halogenated alkanes) is 1. The van der Waals surface area contributed by atoms with E-state index in [1.807, 2.05) is 60.7 Å². The van der Waals surface area contributed by atoms with E-state index < -0.39 is 24.1 Å². The predicted molar refractivity (Wildman–Crippen MR) is 189 cm³/mol. The van der Waals surface area contributed by atoms with Gasteiger partial charge in [0.25, 0.3) is 0 Å². The minimum absolute atomic E-state index is 0.148. The van der Waals surface area contributed by atoms with Gasteiger partial charge in [-0.25, -0.2) is 9.59 Å². The van der Waals surface area contributed by atoms with Crippen molar-refractivity contribution in [1.29, 1.82) is 0 Å². The van der Waals surface area contributed by atoms with Gasteiger partial charge in [0.05, 0.1) is 0 Å². The third-order valence-corrected chi connectivity index (χ3v) is 9.10. The van der Waals surface area contributed by atoms with Gasteiger partial charge in [-0.2, -0.15) is 0 Å². The number of alkyl carbamates (subject to hydrolysis) is 1. The lowest BCUT2D eigenvalue weighted by atomic mass is 9.82. The fourth-order valence-electron chi connectivity index (χ4n) is 6.48. The molecule has 258 valence electrons. The number of hydrogen-bond donors (Lipinski definition) is 2. The zero-order valence-corrected chi connectivity index (χ0v) is 28.8. The molecule has 3 aromatic rings. The highest BCUT2D eigenvalue weighted by Crippen LogP contribution is 2.30. The molecule has 0 spiro atoms. The molecule has 3 amide bonds. The third kappa shape index (κ3) is 11.7. The van der Waals surface area contributed by atoms with E-state index in [1.54, 1.807) is 4.90 Å². The minimum Gasteiger partial charge on any atom is -0.445 e. The molecule has 3 aromatic carbocycles. The van der Waals surface area contributed by atoms with Crippen molar-refractivity contribution in [2.24, 2.45) is 11.7 Å². The maximum absolute atomic E-state index is 13.4. The molecular weight excluding hydrogens is 602 g/mol. The van der Waals surface area contributed by atoms with E-state index in [9.17, 15) is 14.4 Å². The Bertz CT molecular complexity index is 1440. The molecule has 0 saturated carbocycles. The Kier molecular flexibility index (Phi) is 14.8. The largest absolute Gasteiger partial charge is 0.445 e. The molecule has 0 saturated heterocycles. The minimum atomic E-state index is -0.744. The Labute approximate surface area is 286 Å². The Hall–Kier alpha value is -4.33. The van der Waals surface area contributed by atoms with Crippen molar-refractivity contribution in [3.05, 3.63) is 106 Å². The van der Waals surface area contributed by atoms with E-state index in [0.717, 1.165) is 62.5 Å². The second kappa shape index (κ2) is 19.5. The zero-order chi connectivity index (χ0) is 34.1. The van der Waals surface area contributed by atoms with Gasteiger partial charge in [0.15, 0.2) is 0 Å². The van der Waals surface area contributed by atoms with Gasteiger partial charge in [0.1, 0.15) is 19.3 Å². The lowest BCUT2D eigenvalue weighted by molar-refractivity contribution is -0.123. The average molecular weight is 656 g/mol. The van der Waals surface area contributed by atoms with Crippen LogP contribution in [0.15, 0.2) is 72.8 Å². The molecule has 0 heterocycles. The van der Waals surface area contributed by atoms with Crippen molar-refractivity contribution < 1.29 is 23.9 Å². The van der Waals surface area contributed by atoms with Gasteiger partial charge in [-0.3, -0.25) is 9.69 Å². The summed E-state index contributed by atoms with van der Waals surface area (Å²) in [6.45, 7) is 5.71. The first kappa shape index (κ1) is 36.5. The molecule has 0 bridgehead atoms. The van der Waals surface area contributed by atoms with Gasteiger partial charge in [-0.1, -0.05) is 86.6 Å². The van der Waals surface area contributed by atoms with E-state index in [2.05, 4.69) is 31.3 Å². The predicted octanol–water partition coefficient (Wildman–Crippen LogP) is 7.68. The molecule has 3 N–H and O–H groups in total. The molecule has 4 rings (SSSR count). The lowest BCUT2D eigenvalue weighted by Crippen LogP contribution is -2.49. The monoisotopic (exact) mass is 655 g/mol. The van der Waals surface area contributed by atoms with Gasteiger partial charge in [-0.05, 0) is 110 Å². The van der Waals surface area contributed by atoms with Crippen LogP contribution in [-0.4, -0.2) is 42.1 Å². The van der Waals surface area contributed by atoms with Gasteiger partial charge in [-0.15, -0.1) is 0 Å². The second-order valence-electron chi connectivity index (χ2n) is 13.2. The third-order valence-electron chi connectivity index (χ3n) is 9.10. The van der Waals surface area contributed by atoms with E-state index in [0.29, 0.717) is 31.8 Å². The molecule has 8 heteroatoms. The van der Waals surface area contributed by atoms with Crippen LogP contribution in [0.25, 0.3) is 0 Å². The molecule has 8 nitrogen and oxygen atoms in total. The van der Waals surface area contributed by atoms with Crippen LogP contribution in [0.3, 0.4) is 0 Å². The Morgan fingerprint density at radius 3 is 1.92 bits per heavy atom. The van der Waals surface area contributed by atoms with Gasteiger partial charge in [0.2, 0.25) is 5.91 Å². The summed E-state index contributed by atoms with van der Waals surface area (Å²) in [4.78, 5) is 39.8. The first-order valence-corrected chi connectivity index (χ1v) is 17.7. The van der Waals surface area contributed by atoms with E-state index in [4.69, 9.17) is 15.2 Å². The standard InChI is InChI=1S/C40H53N3O5/c1-30(2)14-13-27-43(40(46)48-29-32-17-7-4-8-18-32)37(38(41)44)25-24-34-23-22-33(35-20-9-10-21-36(34)35)19-11-12-26-42-39(45)47-28-31-15-5-3-6-16-31/h3-8,15-18,22-23,30,37H,9-14,19-21,24-29H2,1-2H3,(H2,41,44)(H,42,45)/t37-/m0/s1. The van der Waals surface area contributed by atoms with Crippen molar-refractivity contribution in [2.75, 3.05) is 13.1 Å². The molecule has 48 heavy (non-hydrogen) atoms. The summed E-state index contributed by atoms with van der Waals surface area (Å²) in [5.74, 6) is -0.0128. The van der Waals surface area contributed by atoms with Gasteiger partial charge < -0.3 is 20.5 Å². The number of nitrogens with two attached hydrogens (primary N) is 1. The second-order valence-corrected chi connectivity index (χ2v) is 13.2. The lowest BCUT2D eigenvalue weighted by Gasteiger charge is -2.30. The normalized spacial score (nSPS) is 13.0. The Morgan fingerprint density at radius 1 is 0.750 bits per heavy atom. The molecular formula is C40H53N3O5. The molecule has 1 atom stereocenters. The number of ether oxygens (including phenoxy) is 2. The summed E-state index contributed by atoms with van der Waals surface area (Å²) in [6.07, 6.45) is 9.10. The summed E-state index contributed by atoms with van der Waals surface area (Å²) >= 11 is 0. The van der Waals surface area contributed by atoms with Crippen molar-refractivity contribution in [2.45, 2.75) is 104 Å². The number of primary amides is 1. The summed E-state index contributed by atoms with van der Waals surface area (Å²) in [6, 6.07) is 22.9. The highest BCUT2D eigenvalue weighted by atomic mass is 16.6. The van der Waals surface area contributed by atoms with Crippen LogP contribution in [0, 0.1) is 5.92 Å². The quantitative estimate of drug-likeness (QED) is 0.137. The topological polar surface area (TPSA) is 111 Å². The number of nitrogens with zero attached hydrogens (tertiary/aromatic N) is 1. The van der Waals surface area contributed by atoms with Gasteiger partial charge >= 0.3 is 12.2 Å². The molecule has 0 aliphatic heterocycles. The Balaban J connectivity index is 1.33. The summed E-state index contributed by atoms with van der Waals surface area (Å²) in [5.41, 5.74) is 13.2. The number of rotatable bonds is 18. The smallest absolute Gasteiger partial charge is 0.410 e. The van der Waals surface area contributed by atoms with E-state index in [1.165, 1.54) is 28.7 Å². The number of fused-ring (bicyclic) bond motifs is 1. The maximum atomic E-state index is 13.4. The Morgan fingerprint density at radius 2 is 1.33 bits per heavy atom. The highest BCUT2D eigenvalue weighted by molar-refractivity contribution is 5.84. The summed E-state index contributed by atoms with van der Waals surface area (Å²) in [7, 11) is 0. The molecule has 0 unspecified atom stereocenters. The van der Waals surface area contributed by atoms with Crippen molar-refractivity contribution in [3.63, 3.8) is 0 Å². The number of carbonyl (C=O) groups is 3. The van der Waals surface area contributed by atoms with Gasteiger partial charge in [0, 0.05) is 13.1 Å². The van der Waals surface area contributed by atoms with Crippen LogP contribution < -0.4 is 11.1 Å². The van der Waals surface area contributed by atoms with E-state index >= 15 is 0 Å². The van der Waals surface area contributed by atoms with Crippen LogP contribution in [0.5, 0.6) is 0 Å². The first-order valence-electron chi connectivity index (χ1n) is 17.7. The number of nitrogens with one attached hydrogen (secondary N) is 1. The molecule has 1 aliphatic carbocycles. The number of aryl methyl sites for hydroxylation is 2. The molecule has 0 fully saturated rings. The first-order chi connectivity index (χ1) is 23.3. The maximum Gasteiger partial charge on any atom is 0.410 e. The summed E-state index contributed by atoms with van der Waals surface area (Å²) in [5, 5.41) is 2.86. The highest BCUT2D eigenvalue weighted by Gasteiger charge is 2.30. The van der Waals surface area contributed by atoms with Crippen molar-refractivity contribution >= 4 is 18.1 Å². The van der Waals surface area contributed by atoms with Crippen LogP contribution in [0.4, 0.5) is 9.59 Å². The number of amides is 3. The SMILES string of the molecule is CC(C)CCCN(C(=O)OCc1ccccc1)[C@@H](CCc1ccc(CCCCNC(=O)OCc2ccccc2)c2c1CCCC2)C(N)=O. The van der Waals surface area contributed by atoms with E-state index in [-0.39, 0.29) is 13.2 Å².